The van der Waals surface area contributed by atoms with E-state index in [0.717, 1.165) is 12.1 Å². The third-order valence-electron chi connectivity index (χ3n) is 5.02. The van der Waals surface area contributed by atoms with Crippen LogP contribution in [0.5, 0.6) is 0 Å². The van der Waals surface area contributed by atoms with Crippen LogP contribution in [0.4, 0.5) is 23.7 Å². The van der Waals surface area contributed by atoms with E-state index >= 15 is 0 Å². The lowest BCUT2D eigenvalue weighted by atomic mass is 9.90. The van der Waals surface area contributed by atoms with Crippen molar-refractivity contribution in [3.05, 3.63) is 53.9 Å². The Morgan fingerprint density at radius 2 is 1.85 bits per heavy atom. The maximum atomic E-state index is 13.0. The summed E-state index contributed by atoms with van der Waals surface area (Å²) >= 11 is 0. The number of nitrogens with zero attached hydrogens (tertiary/aromatic N) is 2. The standard InChI is InChI=1S/C20H18F3N3O6S/c1-3-32-18(28)15-10-24-9-8-14(15)11(2)16-17(27)26(19(29)25-16)12-4-6-13(7-5-12)33(30,31)20(21,22)23/h4-11,16H,3H2,1-2H3,(H,25,29). The van der Waals surface area contributed by atoms with Crippen molar-refractivity contribution >= 4 is 33.4 Å². The fraction of sp³-hybridized carbons (Fsp3) is 0.300. The van der Waals surface area contributed by atoms with Crippen LogP contribution >= 0.6 is 0 Å². The zero-order valence-corrected chi connectivity index (χ0v) is 18.1. The highest BCUT2D eigenvalue weighted by Crippen LogP contribution is 2.33. The molecule has 3 amide bonds. The first-order valence-electron chi connectivity index (χ1n) is 9.57. The molecule has 3 rings (SSSR count). The van der Waals surface area contributed by atoms with Gasteiger partial charge in [0, 0.05) is 18.3 Å². The summed E-state index contributed by atoms with van der Waals surface area (Å²) in [5, 5.41) is 2.48. The molecule has 33 heavy (non-hydrogen) atoms. The third-order valence-corrected chi connectivity index (χ3v) is 6.52. The van der Waals surface area contributed by atoms with E-state index in [1.807, 2.05) is 0 Å². The minimum absolute atomic E-state index is 0.117. The fourth-order valence-corrected chi connectivity index (χ4v) is 4.11. The predicted octanol–water partition coefficient (Wildman–Crippen LogP) is 2.78. The summed E-state index contributed by atoms with van der Waals surface area (Å²) in [5.74, 6) is -2.08. The summed E-state index contributed by atoms with van der Waals surface area (Å²) in [4.78, 5) is 41.3. The molecule has 0 spiro atoms. The lowest BCUT2D eigenvalue weighted by Gasteiger charge is -2.20. The van der Waals surface area contributed by atoms with Crippen molar-refractivity contribution in [1.82, 2.24) is 10.3 Å². The third kappa shape index (κ3) is 4.40. The number of sulfone groups is 1. The highest BCUT2D eigenvalue weighted by molar-refractivity contribution is 7.92. The van der Waals surface area contributed by atoms with Crippen LogP contribution in [0.25, 0.3) is 0 Å². The van der Waals surface area contributed by atoms with Gasteiger partial charge in [0.15, 0.2) is 0 Å². The number of carbonyl (C=O) groups excluding carboxylic acids is 3. The quantitative estimate of drug-likeness (QED) is 0.493. The Kier molecular flexibility index (Phi) is 6.45. The average molecular weight is 485 g/mol. The van der Waals surface area contributed by atoms with Gasteiger partial charge in [-0.1, -0.05) is 6.92 Å². The monoisotopic (exact) mass is 485 g/mol. The van der Waals surface area contributed by atoms with E-state index in [2.05, 4.69) is 10.3 Å². The summed E-state index contributed by atoms with van der Waals surface area (Å²) in [6, 6.07) is 2.74. The van der Waals surface area contributed by atoms with Gasteiger partial charge in [0.1, 0.15) is 6.04 Å². The van der Waals surface area contributed by atoms with E-state index in [1.165, 1.54) is 18.5 Å². The molecule has 1 aliphatic rings. The van der Waals surface area contributed by atoms with Crippen LogP contribution in [0, 0.1) is 0 Å². The van der Waals surface area contributed by atoms with E-state index in [0.29, 0.717) is 22.6 Å². The number of nitrogens with one attached hydrogen (secondary N) is 1. The van der Waals surface area contributed by atoms with Gasteiger partial charge in [0.25, 0.3) is 15.7 Å². The smallest absolute Gasteiger partial charge is 0.462 e. The van der Waals surface area contributed by atoms with E-state index in [-0.39, 0.29) is 17.9 Å². The normalized spacial score (nSPS) is 17.6. The van der Waals surface area contributed by atoms with Crippen molar-refractivity contribution in [2.24, 2.45) is 0 Å². The topological polar surface area (TPSA) is 123 Å². The number of esters is 1. The number of rotatable bonds is 6. The molecule has 2 heterocycles. The number of urea groups is 1. The molecule has 0 aliphatic carbocycles. The molecular weight excluding hydrogens is 467 g/mol. The largest absolute Gasteiger partial charge is 0.501 e. The number of benzene rings is 1. The second-order valence-electron chi connectivity index (χ2n) is 7.02. The number of amides is 3. The summed E-state index contributed by atoms with van der Waals surface area (Å²) < 4.78 is 66.2. The van der Waals surface area contributed by atoms with Crippen molar-refractivity contribution < 1.29 is 40.7 Å². The fourth-order valence-electron chi connectivity index (χ4n) is 3.35. The van der Waals surface area contributed by atoms with E-state index in [1.54, 1.807) is 13.8 Å². The first-order chi connectivity index (χ1) is 15.4. The molecule has 2 atom stereocenters. The predicted molar refractivity (Wildman–Crippen MR) is 108 cm³/mol. The lowest BCUT2D eigenvalue weighted by molar-refractivity contribution is -0.118. The number of anilines is 1. The van der Waals surface area contributed by atoms with Crippen molar-refractivity contribution in [2.75, 3.05) is 11.5 Å². The van der Waals surface area contributed by atoms with E-state index in [9.17, 15) is 36.0 Å². The Labute approximate surface area is 186 Å². The first-order valence-corrected chi connectivity index (χ1v) is 11.0. The zero-order chi connectivity index (χ0) is 24.6. The highest BCUT2D eigenvalue weighted by atomic mass is 32.2. The summed E-state index contributed by atoms with van der Waals surface area (Å²) in [5.41, 5.74) is -5.09. The van der Waals surface area contributed by atoms with Crippen LogP contribution in [0.3, 0.4) is 0 Å². The molecule has 13 heteroatoms. The van der Waals surface area contributed by atoms with Crippen molar-refractivity contribution in [3.8, 4) is 0 Å². The molecule has 0 radical (unpaired) electrons. The maximum Gasteiger partial charge on any atom is 0.501 e. The molecule has 1 aromatic heterocycles. The maximum absolute atomic E-state index is 13.0. The summed E-state index contributed by atoms with van der Waals surface area (Å²) in [6.07, 6.45) is 2.69. The Balaban J connectivity index is 1.89. The van der Waals surface area contributed by atoms with Crippen molar-refractivity contribution in [1.29, 1.82) is 0 Å². The SMILES string of the molecule is CCOC(=O)c1cnccc1C(C)C1NC(=O)N(c2ccc(S(=O)(=O)C(F)(F)F)cc2)C1=O. The number of carbonyl (C=O) groups is 3. The molecule has 0 saturated carbocycles. The van der Waals surface area contributed by atoms with Crippen molar-refractivity contribution in [3.63, 3.8) is 0 Å². The Morgan fingerprint density at radius 1 is 1.21 bits per heavy atom. The van der Waals surface area contributed by atoms with Gasteiger partial charge in [-0.3, -0.25) is 9.78 Å². The number of hydrogen-bond donors (Lipinski definition) is 1. The van der Waals surface area contributed by atoms with Crippen LogP contribution in [-0.2, 0) is 19.4 Å². The number of halogens is 3. The van der Waals surface area contributed by atoms with Gasteiger partial charge >= 0.3 is 17.5 Å². The van der Waals surface area contributed by atoms with Crippen LogP contribution in [0.1, 0.15) is 35.7 Å². The molecular formula is C20H18F3N3O6S. The second kappa shape index (κ2) is 8.81. The number of hydrogen-bond acceptors (Lipinski definition) is 7. The minimum atomic E-state index is -5.58. The summed E-state index contributed by atoms with van der Waals surface area (Å²) in [7, 11) is -5.58. The number of aromatic nitrogens is 1. The number of imide groups is 1. The number of pyridine rings is 1. The van der Waals surface area contributed by atoms with Crippen LogP contribution < -0.4 is 10.2 Å². The minimum Gasteiger partial charge on any atom is -0.462 e. The van der Waals surface area contributed by atoms with Gasteiger partial charge in [-0.05, 0) is 42.8 Å². The van der Waals surface area contributed by atoms with Gasteiger partial charge < -0.3 is 10.1 Å². The Morgan fingerprint density at radius 3 is 2.42 bits per heavy atom. The molecule has 1 fully saturated rings. The molecule has 1 aromatic carbocycles. The van der Waals surface area contributed by atoms with Crippen LogP contribution in [0.15, 0.2) is 47.6 Å². The van der Waals surface area contributed by atoms with E-state index < -0.39 is 50.1 Å². The van der Waals surface area contributed by atoms with Gasteiger partial charge in [0.2, 0.25) is 0 Å². The van der Waals surface area contributed by atoms with Crippen LogP contribution in [0.2, 0.25) is 0 Å². The average Bonchev–Trinajstić information content (AvgIpc) is 3.06. The molecule has 9 nitrogen and oxygen atoms in total. The Hall–Kier alpha value is -3.48. The van der Waals surface area contributed by atoms with Gasteiger partial charge in [-0.25, -0.2) is 22.9 Å². The number of alkyl halides is 3. The van der Waals surface area contributed by atoms with Crippen LogP contribution in [-0.4, -0.2) is 49.5 Å². The van der Waals surface area contributed by atoms with Gasteiger partial charge in [-0.15, -0.1) is 0 Å². The Bertz CT molecular complexity index is 1200. The summed E-state index contributed by atoms with van der Waals surface area (Å²) in [6.45, 7) is 3.35. The molecule has 176 valence electrons. The van der Waals surface area contributed by atoms with Crippen molar-refractivity contribution in [2.45, 2.75) is 36.2 Å². The first kappa shape index (κ1) is 24.2. The molecule has 1 saturated heterocycles. The molecule has 2 aromatic rings. The van der Waals surface area contributed by atoms with Gasteiger partial charge in [-0.2, -0.15) is 13.2 Å². The van der Waals surface area contributed by atoms with Gasteiger partial charge in [0.05, 0.1) is 22.8 Å². The molecule has 1 aliphatic heterocycles. The zero-order valence-electron chi connectivity index (χ0n) is 17.3. The second-order valence-corrected chi connectivity index (χ2v) is 8.96. The highest BCUT2D eigenvalue weighted by Gasteiger charge is 2.47. The molecule has 1 N–H and O–H groups in total. The lowest BCUT2D eigenvalue weighted by Crippen LogP contribution is -2.35. The molecule has 2 unspecified atom stereocenters. The molecule has 0 bridgehead atoms. The van der Waals surface area contributed by atoms with E-state index in [4.69, 9.17) is 4.74 Å². The number of ether oxygens (including phenoxy) is 1.